The first kappa shape index (κ1) is 16.6. The van der Waals surface area contributed by atoms with Gasteiger partial charge in [0.05, 0.1) is 4.90 Å². The van der Waals surface area contributed by atoms with Crippen LogP contribution >= 0.6 is 0 Å². The summed E-state index contributed by atoms with van der Waals surface area (Å²) in [5.41, 5.74) is 1.02. The van der Waals surface area contributed by atoms with Crippen molar-refractivity contribution in [1.82, 2.24) is 15.4 Å². The fraction of sp³-hybridized carbons (Fsp3) is 0.462. The van der Waals surface area contributed by atoms with Crippen molar-refractivity contribution in [3.63, 3.8) is 0 Å². The molecule has 7 heteroatoms. The lowest BCUT2D eigenvalue weighted by molar-refractivity contribution is -0.118. The highest BCUT2D eigenvalue weighted by atomic mass is 32.2. The number of nitrogens with one attached hydrogen (secondary N) is 3. The van der Waals surface area contributed by atoms with E-state index in [0.29, 0.717) is 0 Å². The Bertz CT molecular complexity index is 540. The molecule has 0 aliphatic heterocycles. The normalized spacial score (nSPS) is 12.9. The number of carbonyl (C=O) groups is 1. The Morgan fingerprint density at radius 3 is 2.30 bits per heavy atom. The largest absolute Gasteiger partial charge is 0.355 e. The van der Waals surface area contributed by atoms with Gasteiger partial charge in [-0.3, -0.25) is 4.79 Å². The third kappa shape index (κ3) is 4.92. The monoisotopic (exact) mass is 299 g/mol. The molecule has 0 radical (unpaired) electrons. The van der Waals surface area contributed by atoms with E-state index >= 15 is 0 Å². The van der Waals surface area contributed by atoms with Gasteiger partial charge >= 0.3 is 0 Å². The van der Waals surface area contributed by atoms with Gasteiger partial charge in [-0.05, 0) is 31.7 Å². The van der Waals surface area contributed by atoms with Crippen molar-refractivity contribution in [2.24, 2.45) is 0 Å². The van der Waals surface area contributed by atoms with Crippen LogP contribution < -0.4 is 15.4 Å². The Morgan fingerprint density at radius 2 is 1.80 bits per heavy atom. The molecule has 1 atom stereocenters. The minimum atomic E-state index is -3.53. The van der Waals surface area contributed by atoms with Gasteiger partial charge in [0, 0.05) is 26.1 Å². The molecule has 1 amide bonds. The summed E-state index contributed by atoms with van der Waals surface area (Å²) in [6.07, 6.45) is 0. The highest BCUT2D eigenvalue weighted by Crippen LogP contribution is 2.15. The van der Waals surface area contributed by atoms with Crippen LogP contribution in [0.2, 0.25) is 0 Å². The Kier molecular flexibility index (Phi) is 6.12. The van der Waals surface area contributed by atoms with Crippen LogP contribution in [-0.2, 0) is 14.8 Å². The molecule has 0 aliphatic rings. The molecule has 0 saturated carbocycles. The van der Waals surface area contributed by atoms with Gasteiger partial charge in [-0.1, -0.05) is 12.1 Å². The van der Waals surface area contributed by atoms with Crippen LogP contribution in [0.5, 0.6) is 0 Å². The smallest absolute Gasteiger partial charge is 0.240 e. The lowest BCUT2D eigenvalue weighted by Crippen LogP contribution is -2.33. The molecule has 20 heavy (non-hydrogen) atoms. The zero-order valence-corrected chi connectivity index (χ0v) is 12.8. The van der Waals surface area contributed by atoms with E-state index in [2.05, 4.69) is 15.4 Å². The first-order chi connectivity index (χ1) is 9.36. The predicted octanol–water partition coefficient (Wildman–Crippen LogP) is 0.381. The summed E-state index contributed by atoms with van der Waals surface area (Å²) in [6, 6.07) is 6.88. The number of carbonyl (C=O) groups excluding carboxylic acids is 1. The molecule has 1 rings (SSSR count). The molecule has 0 fully saturated rings. The molecule has 0 heterocycles. The molecule has 3 N–H and O–H groups in total. The Balaban J connectivity index is 2.65. The van der Waals surface area contributed by atoms with Crippen LogP contribution in [-0.4, -0.2) is 34.5 Å². The highest BCUT2D eigenvalue weighted by Gasteiger charge is 2.13. The quantitative estimate of drug-likeness (QED) is 0.635. The zero-order chi connectivity index (χ0) is 15.2. The molecular formula is C13H21N3O3S. The third-order valence-corrected chi connectivity index (χ3v) is 4.39. The van der Waals surface area contributed by atoms with Crippen LogP contribution in [0.25, 0.3) is 0 Å². The molecule has 0 aliphatic carbocycles. The summed E-state index contributed by atoms with van der Waals surface area (Å²) < 4.78 is 26.4. The van der Waals surface area contributed by atoms with Crippen LogP contribution in [0.3, 0.4) is 0 Å². The fourth-order valence-corrected chi connectivity index (χ4v) is 2.64. The zero-order valence-electron chi connectivity index (χ0n) is 11.9. The van der Waals surface area contributed by atoms with E-state index in [4.69, 9.17) is 0 Å². The van der Waals surface area contributed by atoms with E-state index in [9.17, 15) is 13.2 Å². The average molecular weight is 299 g/mol. The summed E-state index contributed by atoms with van der Waals surface area (Å²) >= 11 is 0. The summed E-state index contributed by atoms with van der Waals surface area (Å²) in [4.78, 5) is 10.9. The molecule has 0 saturated heterocycles. The Hall–Kier alpha value is -1.44. The Morgan fingerprint density at radius 1 is 1.20 bits per heavy atom. The summed E-state index contributed by atoms with van der Waals surface area (Å²) in [5, 5.41) is 5.61. The van der Waals surface area contributed by atoms with Crippen LogP contribution in [0, 0.1) is 0 Å². The van der Waals surface area contributed by atoms with Gasteiger partial charge in [0.25, 0.3) is 0 Å². The van der Waals surface area contributed by atoms with Gasteiger partial charge in [-0.15, -0.1) is 0 Å². The van der Waals surface area contributed by atoms with Gasteiger partial charge in [0.15, 0.2) is 0 Å². The van der Waals surface area contributed by atoms with Gasteiger partial charge in [0.2, 0.25) is 15.9 Å². The topological polar surface area (TPSA) is 87.3 Å². The summed E-state index contributed by atoms with van der Waals surface area (Å²) in [7, 11) is -1.68. The number of hydrogen-bond donors (Lipinski definition) is 3. The Labute approximate surface area is 120 Å². The van der Waals surface area contributed by atoms with E-state index < -0.39 is 10.0 Å². The van der Waals surface area contributed by atoms with Crippen LogP contribution in [0.4, 0.5) is 0 Å². The molecule has 0 bridgehead atoms. The van der Waals surface area contributed by atoms with E-state index in [-0.39, 0.29) is 29.9 Å². The molecule has 6 nitrogen and oxygen atoms in total. The number of sulfonamides is 1. The minimum absolute atomic E-state index is 0.163. The second kappa shape index (κ2) is 7.37. The standard InChI is InChI=1S/C13H21N3O3S/c1-10(14-3)12-4-6-13(7-5-12)20(18,19)16-9-8-15-11(2)17/h4-7,10,14,16H,8-9H2,1-3H3,(H,15,17). The number of rotatable bonds is 7. The molecule has 112 valence electrons. The number of amides is 1. The third-order valence-electron chi connectivity index (χ3n) is 2.91. The maximum atomic E-state index is 12.0. The van der Waals surface area contributed by atoms with Crippen molar-refractivity contribution in [2.45, 2.75) is 24.8 Å². The van der Waals surface area contributed by atoms with E-state index in [1.165, 1.54) is 6.92 Å². The minimum Gasteiger partial charge on any atom is -0.355 e. The molecule has 1 unspecified atom stereocenters. The summed E-state index contributed by atoms with van der Waals surface area (Å²) in [6.45, 7) is 3.81. The van der Waals surface area contributed by atoms with Gasteiger partial charge in [0.1, 0.15) is 0 Å². The summed E-state index contributed by atoms with van der Waals surface area (Å²) in [5.74, 6) is -0.186. The second-order valence-electron chi connectivity index (χ2n) is 4.46. The second-order valence-corrected chi connectivity index (χ2v) is 6.23. The lowest BCUT2D eigenvalue weighted by Gasteiger charge is -2.12. The molecule has 0 aromatic heterocycles. The first-order valence-electron chi connectivity index (χ1n) is 6.38. The van der Waals surface area contributed by atoms with E-state index in [1.54, 1.807) is 24.3 Å². The van der Waals surface area contributed by atoms with Gasteiger partial charge in [-0.25, -0.2) is 13.1 Å². The van der Waals surface area contributed by atoms with Crippen LogP contribution in [0.1, 0.15) is 25.5 Å². The molecule has 0 spiro atoms. The van der Waals surface area contributed by atoms with Crippen molar-refractivity contribution in [3.05, 3.63) is 29.8 Å². The molecule has 1 aromatic rings. The van der Waals surface area contributed by atoms with Crippen molar-refractivity contribution in [3.8, 4) is 0 Å². The van der Waals surface area contributed by atoms with E-state index in [1.807, 2.05) is 14.0 Å². The van der Waals surface area contributed by atoms with Crippen molar-refractivity contribution in [1.29, 1.82) is 0 Å². The number of benzene rings is 1. The SMILES string of the molecule is CNC(C)c1ccc(S(=O)(=O)NCCNC(C)=O)cc1. The van der Waals surface area contributed by atoms with Crippen molar-refractivity contribution < 1.29 is 13.2 Å². The van der Waals surface area contributed by atoms with E-state index in [0.717, 1.165) is 5.56 Å². The van der Waals surface area contributed by atoms with Crippen LogP contribution in [0.15, 0.2) is 29.2 Å². The van der Waals surface area contributed by atoms with Crippen molar-refractivity contribution >= 4 is 15.9 Å². The maximum Gasteiger partial charge on any atom is 0.240 e. The first-order valence-corrected chi connectivity index (χ1v) is 7.86. The highest BCUT2D eigenvalue weighted by molar-refractivity contribution is 7.89. The molecular weight excluding hydrogens is 278 g/mol. The van der Waals surface area contributed by atoms with Gasteiger partial charge in [-0.2, -0.15) is 0 Å². The number of hydrogen-bond acceptors (Lipinski definition) is 4. The lowest BCUT2D eigenvalue weighted by atomic mass is 10.1. The molecule has 1 aromatic carbocycles. The average Bonchev–Trinajstić information content (AvgIpc) is 2.43. The van der Waals surface area contributed by atoms with Crippen molar-refractivity contribution in [2.75, 3.05) is 20.1 Å². The van der Waals surface area contributed by atoms with Gasteiger partial charge < -0.3 is 10.6 Å². The fourth-order valence-electron chi connectivity index (χ4n) is 1.61. The maximum absolute atomic E-state index is 12.0. The predicted molar refractivity (Wildman–Crippen MR) is 77.8 cm³/mol.